The summed E-state index contributed by atoms with van der Waals surface area (Å²) < 4.78 is 0. The Kier molecular flexibility index (Phi) is 5.92. The number of hydroxylamine groups is 1. The van der Waals surface area contributed by atoms with Gasteiger partial charge in [0.2, 0.25) is 0 Å². The van der Waals surface area contributed by atoms with E-state index in [4.69, 9.17) is 16.8 Å². The van der Waals surface area contributed by atoms with Gasteiger partial charge < -0.3 is 0 Å². The molecule has 1 aromatic rings. The maximum absolute atomic E-state index is 10.9. The third-order valence-electron chi connectivity index (χ3n) is 1.47. The van der Waals surface area contributed by atoms with E-state index in [2.05, 4.69) is 0 Å². The molecule has 0 heterocycles. The van der Waals surface area contributed by atoms with Gasteiger partial charge in [-0.15, -0.1) is 0 Å². The van der Waals surface area contributed by atoms with Crippen LogP contribution in [0.3, 0.4) is 0 Å². The Hall–Kier alpha value is -1.06. The molecule has 2 N–H and O–H groups in total. The van der Waals surface area contributed by atoms with Crippen LogP contribution in [0.25, 0.3) is 0 Å². The number of carbonyl (C=O) groups excluding carboxylic acids is 1. The molecule has 1 aromatic carbocycles. The second-order valence-electron chi connectivity index (χ2n) is 2.42. The van der Waals surface area contributed by atoms with Crippen LogP contribution in [-0.2, 0) is 0 Å². The molecule has 0 unspecified atom stereocenters. The molecule has 78 valence electrons. The third kappa shape index (κ3) is 3.36. The van der Waals surface area contributed by atoms with Crippen molar-refractivity contribution in [3.8, 4) is 0 Å². The normalized spacial score (nSPS) is 8.64. The molecule has 0 fully saturated rings. The Balaban J connectivity index is 0.000000791. The maximum atomic E-state index is 10.9. The van der Waals surface area contributed by atoms with E-state index in [-0.39, 0.29) is 5.56 Å². The fourth-order valence-electron chi connectivity index (χ4n) is 0.873. The number of hydrogen-bond donors (Lipinski definition) is 2. The molecule has 0 spiro atoms. The number of amides is 1. The van der Waals surface area contributed by atoms with Crippen molar-refractivity contribution in [1.82, 2.24) is 5.48 Å². The summed E-state index contributed by atoms with van der Waals surface area (Å²) >= 11 is 5.70. The zero-order valence-electron chi connectivity index (χ0n) is 8.47. The van der Waals surface area contributed by atoms with Crippen LogP contribution in [0.5, 0.6) is 0 Å². The second-order valence-corrected chi connectivity index (χ2v) is 2.83. The highest BCUT2D eigenvalue weighted by atomic mass is 35.5. The molecular formula is C10H14ClNO2. The van der Waals surface area contributed by atoms with Gasteiger partial charge in [0.05, 0.1) is 10.6 Å². The predicted molar refractivity (Wildman–Crippen MR) is 56.8 cm³/mol. The lowest BCUT2D eigenvalue weighted by Gasteiger charge is -2.02. The largest absolute Gasteiger partial charge is 0.288 e. The lowest BCUT2D eigenvalue weighted by molar-refractivity contribution is 0.0706. The van der Waals surface area contributed by atoms with Gasteiger partial charge in [0.25, 0.3) is 5.91 Å². The van der Waals surface area contributed by atoms with Gasteiger partial charge in [-0.2, -0.15) is 0 Å². The zero-order chi connectivity index (χ0) is 11.1. The molecule has 0 bridgehead atoms. The third-order valence-corrected chi connectivity index (χ3v) is 1.80. The first-order valence-corrected chi connectivity index (χ1v) is 4.73. The van der Waals surface area contributed by atoms with Crippen molar-refractivity contribution in [2.45, 2.75) is 20.8 Å². The second kappa shape index (κ2) is 6.40. The van der Waals surface area contributed by atoms with Crippen molar-refractivity contribution in [2.75, 3.05) is 0 Å². The minimum absolute atomic E-state index is 0.277. The molecule has 0 radical (unpaired) electrons. The number of nitrogens with one attached hydrogen (secondary N) is 1. The first-order valence-electron chi connectivity index (χ1n) is 4.35. The standard InChI is InChI=1S/C8H8ClNO2.C2H6/c1-5-2-3-7(9)6(4-5)8(11)10-12;1-2/h2-4,12H,1H3,(H,10,11);1-2H3. The molecule has 0 saturated heterocycles. The van der Waals surface area contributed by atoms with Crippen molar-refractivity contribution >= 4 is 17.5 Å². The van der Waals surface area contributed by atoms with Crippen molar-refractivity contribution in [1.29, 1.82) is 0 Å². The Bertz CT molecular complexity index is 313. The molecule has 1 rings (SSSR count). The highest BCUT2D eigenvalue weighted by molar-refractivity contribution is 6.33. The molecule has 3 nitrogen and oxygen atoms in total. The SMILES string of the molecule is CC.Cc1ccc(Cl)c(C(=O)NO)c1. The Labute approximate surface area is 88.7 Å². The highest BCUT2D eigenvalue weighted by Gasteiger charge is 2.08. The quantitative estimate of drug-likeness (QED) is 0.559. The lowest BCUT2D eigenvalue weighted by Crippen LogP contribution is -2.19. The molecule has 1 amide bonds. The molecule has 14 heavy (non-hydrogen) atoms. The van der Waals surface area contributed by atoms with Crippen LogP contribution in [0, 0.1) is 6.92 Å². The van der Waals surface area contributed by atoms with Crippen LogP contribution in [-0.4, -0.2) is 11.1 Å². The van der Waals surface area contributed by atoms with E-state index in [1.165, 1.54) is 5.48 Å². The van der Waals surface area contributed by atoms with Crippen LogP contribution < -0.4 is 5.48 Å². The molecule has 0 aromatic heterocycles. The number of rotatable bonds is 1. The van der Waals surface area contributed by atoms with Crippen molar-refractivity contribution in [2.24, 2.45) is 0 Å². The monoisotopic (exact) mass is 215 g/mol. The minimum Gasteiger partial charge on any atom is -0.288 e. The molecule has 4 heteroatoms. The van der Waals surface area contributed by atoms with Crippen LogP contribution >= 0.6 is 11.6 Å². The van der Waals surface area contributed by atoms with Crippen LogP contribution in [0.1, 0.15) is 29.8 Å². The Morgan fingerprint density at radius 1 is 1.43 bits per heavy atom. The molecule has 0 aliphatic carbocycles. The van der Waals surface area contributed by atoms with Gasteiger partial charge in [-0.3, -0.25) is 10.0 Å². The lowest BCUT2D eigenvalue weighted by atomic mass is 10.1. The number of benzene rings is 1. The molecule has 0 aliphatic heterocycles. The van der Waals surface area contributed by atoms with E-state index in [1.807, 2.05) is 20.8 Å². The van der Waals surface area contributed by atoms with Crippen LogP contribution in [0.2, 0.25) is 5.02 Å². The summed E-state index contributed by atoms with van der Waals surface area (Å²) in [6, 6.07) is 5.01. The van der Waals surface area contributed by atoms with Gasteiger partial charge in [0, 0.05) is 0 Å². The first-order chi connectivity index (χ1) is 6.65. The molecule has 0 aliphatic rings. The zero-order valence-corrected chi connectivity index (χ0v) is 9.22. The van der Waals surface area contributed by atoms with Crippen molar-refractivity contribution in [3.05, 3.63) is 34.3 Å². The van der Waals surface area contributed by atoms with Gasteiger partial charge in [-0.1, -0.05) is 37.1 Å². The summed E-state index contributed by atoms with van der Waals surface area (Å²) in [5.74, 6) is -0.594. The Morgan fingerprint density at radius 2 is 2.00 bits per heavy atom. The highest BCUT2D eigenvalue weighted by Crippen LogP contribution is 2.16. The summed E-state index contributed by atoms with van der Waals surface area (Å²) in [6.45, 7) is 5.84. The fourth-order valence-corrected chi connectivity index (χ4v) is 1.08. The topological polar surface area (TPSA) is 49.3 Å². The summed E-state index contributed by atoms with van der Waals surface area (Å²) in [7, 11) is 0. The van der Waals surface area contributed by atoms with Crippen LogP contribution in [0.4, 0.5) is 0 Å². The van der Waals surface area contributed by atoms with E-state index >= 15 is 0 Å². The van der Waals surface area contributed by atoms with Gasteiger partial charge in [-0.25, -0.2) is 5.48 Å². The van der Waals surface area contributed by atoms with Crippen LogP contribution in [0.15, 0.2) is 18.2 Å². The predicted octanol–water partition coefficient (Wildman–Crippen LogP) is 2.79. The van der Waals surface area contributed by atoms with Gasteiger partial charge in [0.15, 0.2) is 0 Å². The number of aryl methyl sites for hydroxylation is 1. The molecule has 0 saturated carbocycles. The smallest absolute Gasteiger partial charge is 0.276 e. The van der Waals surface area contributed by atoms with Gasteiger partial charge in [-0.05, 0) is 19.1 Å². The van der Waals surface area contributed by atoms with Gasteiger partial charge >= 0.3 is 0 Å². The number of hydrogen-bond acceptors (Lipinski definition) is 2. The Morgan fingerprint density at radius 3 is 2.50 bits per heavy atom. The summed E-state index contributed by atoms with van der Waals surface area (Å²) in [6.07, 6.45) is 0. The van der Waals surface area contributed by atoms with Crippen molar-refractivity contribution in [3.63, 3.8) is 0 Å². The number of halogens is 1. The van der Waals surface area contributed by atoms with E-state index in [0.717, 1.165) is 5.56 Å². The van der Waals surface area contributed by atoms with E-state index in [9.17, 15) is 4.79 Å². The van der Waals surface area contributed by atoms with E-state index in [1.54, 1.807) is 18.2 Å². The van der Waals surface area contributed by atoms with E-state index in [0.29, 0.717) is 5.02 Å². The summed E-state index contributed by atoms with van der Waals surface area (Å²) in [5, 5.41) is 8.67. The average molecular weight is 216 g/mol. The van der Waals surface area contributed by atoms with Gasteiger partial charge in [0.1, 0.15) is 0 Å². The summed E-state index contributed by atoms with van der Waals surface area (Å²) in [5.41, 5.74) is 2.72. The van der Waals surface area contributed by atoms with Crippen molar-refractivity contribution < 1.29 is 10.0 Å². The van der Waals surface area contributed by atoms with E-state index < -0.39 is 5.91 Å². The fraction of sp³-hybridized carbons (Fsp3) is 0.300. The first kappa shape index (κ1) is 12.9. The number of carbonyl (C=O) groups is 1. The summed E-state index contributed by atoms with van der Waals surface area (Å²) in [4.78, 5) is 10.9. The maximum Gasteiger partial charge on any atom is 0.276 e. The molecular weight excluding hydrogens is 202 g/mol. The minimum atomic E-state index is -0.594. The average Bonchev–Trinajstić information content (AvgIpc) is 2.23. The molecule has 0 atom stereocenters.